The van der Waals surface area contributed by atoms with Crippen molar-refractivity contribution in [2.45, 2.75) is 31.4 Å². The Morgan fingerprint density at radius 2 is 2.12 bits per heavy atom. The zero-order valence-corrected chi connectivity index (χ0v) is 13.6. The van der Waals surface area contributed by atoms with Crippen LogP contribution in [0.4, 0.5) is 0 Å². The van der Waals surface area contributed by atoms with Gasteiger partial charge in [-0.05, 0) is 24.8 Å². The van der Waals surface area contributed by atoms with Crippen molar-refractivity contribution in [1.82, 2.24) is 15.4 Å². The number of piperidine rings is 1. The highest BCUT2D eigenvalue weighted by Gasteiger charge is 2.41. The van der Waals surface area contributed by atoms with Gasteiger partial charge in [-0.2, -0.15) is 0 Å². The normalized spacial score (nSPS) is 21.2. The van der Waals surface area contributed by atoms with Crippen LogP contribution in [0, 0.1) is 0 Å². The Kier molecular flexibility index (Phi) is 5.27. The summed E-state index contributed by atoms with van der Waals surface area (Å²) in [5, 5.41) is 17.5. The third kappa shape index (κ3) is 4.01. The third-order valence-corrected chi connectivity index (χ3v) is 4.42. The second-order valence-corrected chi connectivity index (χ2v) is 6.25. The van der Waals surface area contributed by atoms with Crippen molar-refractivity contribution in [2.24, 2.45) is 0 Å². The van der Waals surface area contributed by atoms with Crippen LogP contribution in [0.15, 0.2) is 47.1 Å². The number of hydrogen-bond acceptors (Lipinski definition) is 5. The zero-order valence-electron chi connectivity index (χ0n) is 13.6. The highest BCUT2D eigenvalue weighted by atomic mass is 16.5. The van der Waals surface area contributed by atoms with E-state index in [2.05, 4.69) is 22.6 Å². The summed E-state index contributed by atoms with van der Waals surface area (Å²) in [4.78, 5) is 14.4. The molecule has 2 N–H and O–H groups in total. The molecule has 0 saturated carbocycles. The van der Waals surface area contributed by atoms with Gasteiger partial charge in [-0.1, -0.05) is 35.5 Å². The number of carbonyl (C=O) groups excluding carboxylic acids is 1. The Bertz CT molecular complexity index is 645. The first-order chi connectivity index (χ1) is 11.7. The van der Waals surface area contributed by atoms with E-state index in [1.807, 2.05) is 18.2 Å². The molecule has 2 heterocycles. The number of carbonyl (C=O) groups is 1. The molecule has 0 bridgehead atoms. The van der Waals surface area contributed by atoms with Crippen LogP contribution in [0.3, 0.4) is 0 Å². The Morgan fingerprint density at radius 3 is 2.88 bits per heavy atom. The number of nitrogens with one attached hydrogen (secondary N) is 1. The number of likely N-dealkylation sites (tertiary alicyclic amines) is 1. The summed E-state index contributed by atoms with van der Waals surface area (Å²) in [5.74, 6) is 0.498. The second kappa shape index (κ2) is 7.59. The lowest BCUT2D eigenvalue weighted by Gasteiger charge is -2.38. The van der Waals surface area contributed by atoms with Crippen molar-refractivity contribution >= 4 is 5.91 Å². The van der Waals surface area contributed by atoms with E-state index in [9.17, 15) is 9.90 Å². The minimum Gasteiger partial charge on any atom is -0.379 e. The van der Waals surface area contributed by atoms with Crippen LogP contribution in [-0.2, 0) is 17.8 Å². The van der Waals surface area contributed by atoms with Crippen molar-refractivity contribution in [1.29, 1.82) is 0 Å². The summed E-state index contributed by atoms with van der Waals surface area (Å²) in [7, 11) is 0. The Hall–Kier alpha value is -2.18. The van der Waals surface area contributed by atoms with Crippen LogP contribution < -0.4 is 5.32 Å². The summed E-state index contributed by atoms with van der Waals surface area (Å²) in [5.41, 5.74) is -0.141. The van der Waals surface area contributed by atoms with Crippen LogP contribution in [0.5, 0.6) is 0 Å². The molecule has 6 heteroatoms. The second-order valence-electron chi connectivity index (χ2n) is 6.25. The lowest BCUT2D eigenvalue weighted by atomic mass is 9.91. The molecule has 1 aromatic carbocycles. The minimum atomic E-state index is -1.34. The molecule has 128 valence electrons. The van der Waals surface area contributed by atoms with E-state index < -0.39 is 5.60 Å². The molecule has 0 spiro atoms. The first-order valence-corrected chi connectivity index (χ1v) is 8.33. The molecule has 2 aromatic rings. The average molecular weight is 329 g/mol. The predicted molar refractivity (Wildman–Crippen MR) is 89.1 cm³/mol. The SMILES string of the molecule is O=C1N(CCc2ccccc2)CCC[C@]1(O)CNCc1ccno1. The minimum absolute atomic E-state index is 0.185. The van der Waals surface area contributed by atoms with E-state index in [1.54, 1.807) is 17.2 Å². The molecule has 24 heavy (non-hydrogen) atoms. The zero-order chi connectivity index (χ0) is 16.8. The van der Waals surface area contributed by atoms with Gasteiger partial charge in [-0.3, -0.25) is 4.79 Å². The van der Waals surface area contributed by atoms with Crippen LogP contribution in [0.1, 0.15) is 24.2 Å². The Morgan fingerprint density at radius 1 is 1.29 bits per heavy atom. The number of benzene rings is 1. The Balaban J connectivity index is 1.53. The molecular formula is C18H23N3O3. The summed E-state index contributed by atoms with van der Waals surface area (Å²) < 4.78 is 5.00. The molecule has 6 nitrogen and oxygen atoms in total. The molecule has 0 aliphatic carbocycles. The molecule has 0 radical (unpaired) electrons. The third-order valence-electron chi connectivity index (χ3n) is 4.42. The van der Waals surface area contributed by atoms with E-state index in [4.69, 9.17) is 4.52 Å². The maximum atomic E-state index is 12.7. The number of rotatable bonds is 7. The van der Waals surface area contributed by atoms with Gasteiger partial charge < -0.3 is 19.8 Å². The molecule has 1 amide bonds. The van der Waals surface area contributed by atoms with Gasteiger partial charge in [0.2, 0.25) is 0 Å². The topological polar surface area (TPSA) is 78.6 Å². The van der Waals surface area contributed by atoms with Crippen molar-refractivity contribution in [3.63, 3.8) is 0 Å². The van der Waals surface area contributed by atoms with Gasteiger partial charge in [0.15, 0.2) is 5.60 Å². The molecule has 3 rings (SSSR count). The summed E-state index contributed by atoms with van der Waals surface area (Å²) in [6, 6.07) is 11.8. The number of amides is 1. The van der Waals surface area contributed by atoms with Gasteiger partial charge in [0.25, 0.3) is 5.91 Å². The van der Waals surface area contributed by atoms with Crippen LogP contribution in [-0.4, -0.2) is 46.3 Å². The summed E-state index contributed by atoms with van der Waals surface area (Å²) in [6.07, 6.45) is 3.66. The van der Waals surface area contributed by atoms with E-state index in [0.29, 0.717) is 31.8 Å². The molecule has 1 saturated heterocycles. The van der Waals surface area contributed by atoms with Crippen LogP contribution in [0.2, 0.25) is 0 Å². The van der Waals surface area contributed by atoms with Crippen molar-refractivity contribution in [3.8, 4) is 0 Å². The first kappa shape index (κ1) is 16.7. The highest BCUT2D eigenvalue weighted by Crippen LogP contribution is 2.22. The van der Waals surface area contributed by atoms with E-state index in [1.165, 1.54) is 5.56 Å². The van der Waals surface area contributed by atoms with E-state index >= 15 is 0 Å². The fraction of sp³-hybridized carbons (Fsp3) is 0.444. The number of nitrogens with zero attached hydrogens (tertiary/aromatic N) is 2. The highest BCUT2D eigenvalue weighted by molar-refractivity contribution is 5.86. The van der Waals surface area contributed by atoms with Gasteiger partial charge in [0.1, 0.15) is 5.76 Å². The largest absolute Gasteiger partial charge is 0.379 e. The monoisotopic (exact) mass is 329 g/mol. The summed E-state index contributed by atoms with van der Waals surface area (Å²) in [6.45, 7) is 2.00. The number of aromatic nitrogens is 1. The van der Waals surface area contributed by atoms with Crippen molar-refractivity contribution in [2.75, 3.05) is 19.6 Å². The molecular weight excluding hydrogens is 306 g/mol. The fourth-order valence-electron chi connectivity index (χ4n) is 3.08. The maximum Gasteiger partial charge on any atom is 0.255 e. The van der Waals surface area contributed by atoms with E-state index in [0.717, 1.165) is 12.8 Å². The molecule has 1 aliphatic heterocycles. The molecule has 1 fully saturated rings. The van der Waals surface area contributed by atoms with Crippen LogP contribution in [0.25, 0.3) is 0 Å². The van der Waals surface area contributed by atoms with E-state index in [-0.39, 0.29) is 12.5 Å². The smallest absolute Gasteiger partial charge is 0.255 e. The van der Waals surface area contributed by atoms with Gasteiger partial charge in [0, 0.05) is 25.7 Å². The fourth-order valence-corrected chi connectivity index (χ4v) is 3.08. The van der Waals surface area contributed by atoms with Gasteiger partial charge in [-0.15, -0.1) is 0 Å². The molecule has 1 aromatic heterocycles. The maximum absolute atomic E-state index is 12.7. The van der Waals surface area contributed by atoms with Gasteiger partial charge in [-0.25, -0.2) is 0 Å². The lowest BCUT2D eigenvalue weighted by Crippen LogP contribution is -2.58. The van der Waals surface area contributed by atoms with Crippen molar-refractivity contribution < 1.29 is 14.4 Å². The summed E-state index contributed by atoms with van der Waals surface area (Å²) >= 11 is 0. The van der Waals surface area contributed by atoms with Crippen molar-refractivity contribution in [3.05, 3.63) is 53.9 Å². The number of hydrogen-bond donors (Lipinski definition) is 2. The predicted octanol–water partition coefficient (Wildman–Crippen LogP) is 1.36. The van der Waals surface area contributed by atoms with Crippen LogP contribution >= 0.6 is 0 Å². The molecule has 1 atom stereocenters. The average Bonchev–Trinajstić information content (AvgIpc) is 3.11. The molecule has 1 aliphatic rings. The lowest BCUT2D eigenvalue weighted by molar-refractivity contribution is -0.156. The quantitative estimate of drug-likeness (QED) is 0.802. The van der Waals surface area contributed by atoms with Gasteiger partial charge in [0.05, 0.1) is 12.7 Å². The standard InChI is InChI=1S/C18H23N3O3/c22-17-18(23,14-19-13-16-7-10-20-24-16)9-4-11-21(17)12-8-15-5-2-1-3-6-15/h1-3,5-7,10,19,23H,4,8-9,11-14H2/t18-/m0/s1. The Labute approximate surface area is 141 Å². The van der Waals surface area contributed by atoms with Gasteiger partial charge >= 0.3 is 0 Å². The molecule has 0 unspecified atom stereocenters. The first-order valence-electron chi connectivity index (χ1n) is 8.33. The number of aliphatic hydroxyl groups is 1.